The lowest BCUT2D eigenvalue weighted by Crippen LogP contribution is -2.13. The van der Waals surface area contributed by atoms with Crippen LogP contribution in [0.15, 0.2) is 55.3 Å². The van der Waals surface area contributed by atoms with Gasteiger partial charge in [0.25, 0.3) is 5.91 Å². The van der Waals surface area contributed by atoms with Crippen molar-refractivity contribution in [1.29, 1.82) is 0 Å². The third kappa shape index (κ3) is 3.68. The Labute approximate surface area is 118 Å². The van der Waals surface area contributed by atoms with Crippen LogP contribution in [0.3, 0.4) is 0 Å². The summed E-state index contributed by atoms with van der Waals surface area (Å²) in [5.74, 6) is -0.218. The van der Waals surface area contributed by atoms with E-state index >= 15 is 0 Å². The molecule has 1 aromatic carbocycles. The van der Waals surface area contributed by atoms with Gasteiger partial charge in [0.1, 0.15) is 5.69 Å². The largest absolute Gasteiger partial charge is 0.380 e. The van der Waals surface area contributed by atoms with Gasteiger partial charge in [-0.3, -0.25) is 4.79 Å². The van der Waals surface area contributed by atoms with E-state index in [0.717, 1.165) is 16.9 Å². The number of nitrogens with one attached hydrogen (secondary N) is 2. The molecule has 0 aliphatic carbocycles. The van der Waals surface area contributed by atoms with Crippen molar-refractivity contribution < 1.29 is 4.79 Å². The number of aromatic nitrogens is 1. The highest BCUT2D eigenvalue weighted by Gasteiger charge is 2.07. The molecule has 20 heavy (non-hydrogen) atoms. The summed E-state index contributed by atoms with van der Waals surface area (Å²) in [4.78, 5) is 16.2. The molecule has 0 fully saturated rings. The van der Waals surface area contributed by atoms with Crippen molar-refractivity contribution in [2.24, 2.45) is 0 Å². The number of hydrogen-bond donors (Lipinski definition) is 2. The number of amides is 1. The van der Waals surface area contributed by atoms with E-state index in [1.807, 2.05) is 37.3 Å². The lowest BCUT2D eigenvalue weighted by Gasteiger charge is -2.06. The molecule has 1 amide bonds. The molecule has 2 N–H and O–H groups in total. The van der Waals surface area contributed by atoms with Gasteiger partial charge in [-0.05, 0) is 31.2 Å². The predicted molar refractivity (Wildman–Crippen MR) is 82.1 cm³/mol. The first-order valence-electron chi connectivity index (χ1n) is 6.38. The van der Waals surface area contributed by atoms with Gasteiger partial charge >= 0.3 is 0 Å². The van der Waals surface area contributed by atoms with E-state index in [4.69, 9.17) is 0 Å². The Morgan fingerprint density at radius 2 is 1.90 bits per heavy atom. The molecule has 0 aliphatic rings. The third-order valence-corrected chi connectivity index (χ3v) is 2.76. The summed E-state index contributed by atoms with van der Waals surface area (Å²) in [6, 6.07) is 11.1. The van der Waals surface area contributed by atoms with Crippen LogP contribution in [0.2, 0.25) is 0 Å². The van der Waals surface area contributed by atoms with Gasteiger partial charge in [0.15, 0.2) is 0 Å². The Hall–Kier alpha value is -2.62. The van der Waals surface area contributed by atoms with E-state index in [1.54, 1.807) is 18.3 Å². The van der Waals surface area contributed by atoms with E-state index in [9.17, 15) is 4.79 Å². The summed E-state index contributed by atoms with van der Waals surface area (Å²) in [5, 5.41) is 5.91. The topological polar surface area (TPSA) is 54.0 Å². The number of hydrogen-bond acceptors (Lipinski definition) is 3. The van der Waals surface area contributed by atoms with Crippen molar-refractivity contribution in [2.45, 2.75) is 6.92 Å². The molecule has 0 unspecified atom stereocenters. The van der Waals surface area contributed by atoms with E-state index in [1.165, 1.54) is 0 Å². The van der Waals surface area contributed by atoms with Crippen molar-refractivity contribution >= 4 is 17.3 Å². The number of anilines is 2. The lowest BCUT2D eigenvalue weighted by atomic mass is 10.2. The fraction of sp³-hybridized carbons (Fsp3) is 0.125. The van der Waals surface area contributed by atoms with Crippen LogP contribution in [0.4, 0.5) is 11.4 Å². The Morgan fingerprint density at radius 1 is 1.20 bits per heavy atom. The Balaban J connectivity index is 2.01. The van der Waals surface area contributed by atoms with Gasteiger partial charge in [-0.1, -0.05) is 23.8 Å². The average Bonchev–Trinajstić information content (AvgIpc) is 2.48. The molecular weight excluding hydrogens is 250 g/mol. The van der Waals surface area contributed by atoms with Crippen LogP contribution >= 0.6 is 0 Å². The highest BCUT2D eigenvalue weighted by Crippen LogP contribution is 2.11. The number of benzene rings is 1. The quantitative estimate of drug-likeness (QED) is 0.818. The van der Waals surface area contributed by atoms with Crippen molar-refractivity contribution in [2.75, 3.05) is 17.2 Å². The molecule has 4 heteroatoms. The van der Waals surface area contributed by atoms with Crippen molar-refractivity contribution in [1.82, 2.24) is 4.98 Å². The summed E-state index contributed by atoms with van der Waals surface area (Å²) in [6.07, 6.45) is 3.39. The van der Waals surface area contributed by atoms with Crippen molar-refractivity contribution in [3.05, 3.63) is 66.5 Å². The number of carbonyl (C=O) groups is 1. The maximum atomic E-state index is 12.0. The fourth-order valence-electron chi connectivity index (χ4n) is 1.65. The number of nitrogens with zero attached hydrogens (tertiary/aromatic N) is 1. The Kier molecular flexibility index (Phi) is 4.50. The van der Waals surface area contributed by atoms with Crippen LogP contribution in [-0.2, 0) is 0 Å². The summed E-state index contributed by atoms with van der Waals surface area (Å²) in [5.41, 5.74) is 3.15. The zero-order valence-corrected chi connectivity index (χ0v) is 11.4. The van der Waals surface area contributed by atoms with Crippen molar-refractivity contribution in [3.8, 4) is 0 Å². The lowest BCUT2D eigenvalue weighted by molar-refractivity contribution is 0.102. The van der Waals surface area contributed by atoms with Gasteiger partial charge in [0, 0.05) is 12.2 Å². The summed E-state index contributed by atoms with van der Waals surface area (Å²) in [7, 11) is 0. The first kappa shape index (κ1) is 13.8. The van der Waals surface area contributed by atoms with Crippen LogP contribution in [-0.4, -0.2) is 17.4 Å². The molecule has 1 aromatic heterocycles. The smallest absolute Gasteiger partial charge is 0.274 e. The maximum Gasteiger partial charge on any atom is 0.274 e. The van der Waals surface area contributed by atoms with Crippen LogP contribution in [0.1, 0.15) is 16.1 Å². The van der Waals surface area contributed by atoms with Gasteiger partial charge in [-0.2, -0.15) is 0 Å². The maximum absolute atomic E-state index is 12.0. The van der Waals surface area contributed by atoms with Gasteiger partial charge in [-0.25, -0.2) is 4.98 Å². The Morgan fingerprint density at radius 3 is 2.50 bits per heavy atom. The first-order chi connectivity index (χ1) is 9.69. The van der Waals surface area contributed by atoms with E-state index in [0.29, 0.717) is 12.2 Å². The summed E-state index contributed by atoms with van der Waals surface area (Å²) < 4.78 is 0. The van der Waals surface area contributed by atoms with E-state index in [-0.39, 0.29) is 5.91 Å². The molecule has 0 saturated heterocycles. The molecule has 0 aliphatic heterocycles. The van der Waals surface area contributed by atoms with E-state index < -0.39 is 0 Å². The minimum Gasteiger partial charge on any atom is -0.380 e. The summed E-state index contributed by atoms with van der Waals surface area (Å²) in [6.45, 7) is 6.29. The molecule has 0 radical (unpaired) electrons. The van der Waals surface area contributed by atoms with Crippen LogP contribution in [0.5, 0.6) is 0 Å². The monoisotopic (exact) mass is 267 g/mol. The number of rotatable bonds is 5. The number of carbonyl (C=O) groups excluding carboxylic acids is 1. The molecule has 0 bridgehead atoms. The van der Waals surface area contributed by atoms with Gasteiger partial charge < -0.3 is 10.6 Å². The van der Waals surface area contributed by atoms with Gasteiger partial charge in [-0.15, -0.1) is 6.58 Å². The zero-order chi connectivity index (χ0) is 14.4. The number of pyridine rings is 1. The first-order valence-corrected chi connectivity index (χ1v) is 6.38. The average molecular weight is 267 g/mol. The molecule has 2 rings (SSSR count). The molecule has 0 atom stereocenters. The molecule has 4 nitrogen and oxygen atoms in total. The van der Waals surface area contributed by atoms with Crippen LogP contribution in [0, 0.1) is 6.92 Å². The highest BCUT2D eigenvalue weighted by molar-refractivity contribution is 6.02. The molecule has 102 valence electrons. The van der Waals surface area contributed by atoms with E-state index in [2.05, 4.69) is 22.2 Å². The molecule has 0 spiro atoms. The predicted octanol–water partition coefficient (Wildman–Crippen LogP) is 3.24. The minimum atomic E-state index is -0.218. The molecule has 0 saturated carbocycles. The molecule has 2 aromatic rings. The highest BCUT2D eigenvalue weighted by atomic mass is 16.1. The minimum absolute atomic E-state index is 0.218. The summed E-state index contributed by atoms with van der Waals surface area (Å²) >= 11 is 0. The van der Waals surface area contributed by atoms with Crippen LogP contribution in [0.25, 0.3) is 0 Å². The SMILES string of the molecule is C=CCNc1ccc(C(=O)Nc2ccc(C)cc2)nc1. The standard InChI is InChI=1S/C16H17N3O/c1-3-10-17-14-8-9-15(18-11-14)16(20)19-13-6-4-12(2)5-7-13/h3-9,11,17H,1,10H2,2H3,(H,19,20). The number of aryl methyl sites for hydroxylation is 1. The van der Waals surface area contributed by atoms with Crippen LogP contribution < -0.4 is 10.6 Å². The second kappa shape index (κ2) is 6.52. The van der Waals surface area contributed by atoms with Gasteiger partial charge in [0.2, 0.25) is 0 Å². The third-order valence-electron chi connectivity index (χ3n) is 2.76. The zero-order valence-electron chi connectivity index (χ0n) is 11.4. The molecular formula is C16H17N3O. The molecule has 1 heterocycles. The Bertz CT molecular complexity index is 588. The second-order valence-corrected chi connectivity index (χ2v) is 4.42. The van der Waals surface area contributed by atoms with Gasteiger partial charge in [0.05, 0.1) is 11.9 Å². The normalized spacial score (nSPS) is 9.85. The van der Waals surface area contributed by atoms with Crippen molar-refractivity contribution in [3.63, 3.8) is 0 Å². The fourth-order valence-corrected chi connectivity index (χ4v) is 1.65. The second-order valence-electron chi connectivity index (χ2n) is 4.42.